The summed E-state index contributed by atoms with van der Waals surface area (Å²) in [7, 11) is 0. The summed E-state index contributed by atoms with van der Waals surface area (Å²) in [6.45, 7) is 10.6. The number of oxazole rings is 1. The molecule has 1 aliphatic rings. The van der Waals surface area contributed by atoms with Crippen LogP contribution in [-0.4, -0.2) is 35.1 Å². The van der Waals surface area contributed by atoms with Gasteiger partial charge in [0, 0.05) is 18.3 Å². The number of rotatable bonds is 6. The lowest BCUT2D eigenvalue weighted by molar-refractivity contribution is -0.270. The average Bonchev–Trinajstić information content (AvgIpc) is 3.04. The van der Waals surface area contributed by atoms with Crippen molar-refractivity contribution >= 4 is 5.97 Å². The fourth-order valence-corrected chi connectivity index (χ4v) is 2.97. The Bertz CT molecular complexity index is 841. The minimum absolute atomic E-state index is 0.114. The second kappa shape index (κ2) is 8.16. The number of aryl methyl sites for hydroxylation is 1. The Balaban J connectivity index is 1.52. The third-order valence-electron chi connectivity index (χ3n) is 4.93. The van der Waals surface area contributed by atoms with E-state index in [1.165, 1.54) is 6.92 Å². The fourth-order valence-electron chi connectivity index (χ4n) is 2.97. The summed E-state index contributed by atoms with van der Waals surface area (Å²) in [4.78, 5) is 15.7. The number of carboxylic acids is 1. The van der Waals surface area contributed by atoms with Crippen LogP contribution in [0.15, 0.2) is 28.7 Å². The molecule has 7 nitrogen and oxygen atoms in total. The molecule has 7 heteroatoms. The molecule has 1 aromatic carbocycles. The molecule has 0 unspecified atom stereocenters. The third kappa shape index (κ3) is 5.16. The molecular weight excluding hydrogens is 374 g/mol. The fraction of sp³-hybridized carbons (Fsp3) is 0.545. The Morgan fingerprint density at radius 3 is 2.38 bits per heavy atom. The van der Waals surface area contributed by atoms with Crippen LogP contribution < -0.4 is 4.74 Å². The van der Waals surface area contributed by atoms with Gasteiger partial charge in [-0.2, -0.15) is 0 Å². The number of carbonyl (C=O) groups is 1. The molecule has 3 rings (SSSR count). The largest absolute Gasteiger partial charge is 0.487 e. The van der Waals surface area contributed by atoms with Crippen LogP contribution >= 0.6 is 0 Å². The van der Waals surface area contributed by atoms with Gasteiger partial charge in [-0.25, -0.2) is 9.78 Å². The lowest BCUT2D eigenvalue weighted by Gasteiger charge is -2.34. The molecule has 2 aromatic rings. The van der Waals surface area contributed by atoms with Gasteiger partial charge in [0.25, 0.3) is 5.79 Å². The van der Waals surface area contributed by atoms with Crippen molar-refractivity contribution in [3.63, 3.8) is 0 Å². The van der Waals surface area contributed by atoms with Crippen molar-refractivity contribution < 1.29 is 28.5 Å². The molecule has 1 aliphatic heterocycles. The van der Waals surface area contributed by atoms with Gasteiger partial charge in [-0.15, -0.1) is 0 Å². The number of hydrogen-bond donors (Lipinski definition) is 1. The van der Waals surface area contributed by atoms with E-state index in [2.05, 4.69) is 25.8 Å². The number of ether oxygens (including phenoxy) is 3. The van der Waals surface area contributed by atoms with E-state index in [1.54, 1.807) is 0 Å². The first-order valence-electron chi connectivity index (χ1n) is 9.76. The maximum absolute atomic E-state index is 11.1. The lowest BCUT2D eigenvalue weighted by atomic mass is 9.97. The summed E-state index contributed by atoms with van der Waals surface area (Å²) in [5.41, 5.74) is 1.78. The smallest absolute Gasteiger partial charge is 0.364 e. The van der Waals surface area contributed by atoms with Gasteiger partial charge in [0.1, 0.15) is 23.8 Å². The molecule has 0 saturated carbocycles. The zero-order valence-corrected chi connectivity index (χ0v) is 17.7. The summed E-state index contributed by atoms with van der Waals surface area (Å²) in [6, 6.07) is 7.83. The second-order valence-electron chi connectivity index (χ2n) is 8.65. The maximum Gasteiger partial charge on any atom is 0.364 e. The first kappa shape index (κ1) is 21.3. The van der Waals surface area contributed by atoms with Crippen LogP contribution in [0.3, 0.4) is 0 Å². The van der Waals surface area contributed by atoms with Crippen molar-refractivity contribution in [3.05, 3.63) is 47.2 Å². The van der Waals surface area contributed by atoms with Gasteiger partial charge in [-0.05, 0) is 31.0 Å². The summed E-state index contributed by atoms with van der Waals surface area (Å²) in [5, 5.41) is 9.12. The predicted octanol–water partition coefficient (Wildman–Crippen LogP) is 3.87. The molecule has 2 heterocycles. The molecule has 0 atom stereocenters. The molecule has 0 radical (unpaired) electrons. The molecule has 1 aromatic heterocycles. The zero-order valence-electron chi connectivity index (χ0n) is 17.7. The highest BCUT2D eigenvalue weighted by Crippen LogP contribution is 2.26. The number of benzene rings is 1. The lowest BCUT2D eigenvalue weighted by Crippen LogP contribution is -2.48. The molecule has 1 N–H and O–H groups in total. The van der Waals surface area contributed by atoms with Crippen molar-refractivity contribution in [2.45, 2.75) is 58.8 Å². The Morgan fingerprint density at radius 2 is 1.86 bits per heavy atom. The molecule has 1 saturated heterocycles. The predicted molar refractivity (Wildman–Crippen MR) is 106 cm³/mol. The SMILES string of the molecule is Cc1oc(C(C)(C)C)nc1COc1ccc(CC2COC(C)(C(=O)O)OC2)cc1. The first-order chi connectivity index (χ1) is 13.6. The Hall–Kier alpha value is -2.38. The summed E-state index contributed by atoms with van der Waals surface area (Å²) >= 11 is 0. The standard InChI is InChI=1S/C22H29NO6/c1-14-18(23-19(29-14)21(2,3)4)13-26-17-8-6-15(7-9-17)10-16-11-27-22(5,20(24)25)28-12-16/h6-9,16H,10-13H2,1-5H3,(H,24,25). The van der Waals surface area contributed by atoms with E-state index < -0.39 is 11.8 Å². The highest BCUT2D eigenvalue weighted by Gasteiger charge is 2.40. The highest BCUT2D eigenvalue weighted by atomic mass is 16.7. The summed E-state index contributed by atoms with van der Waals surface area (Å²) in [6.07, 6.45) is 0.743. The van der Waals surface area contributed by atoms with Crippen LogP contribution in [0.5, 0.6) is 5.75 Å². The average molecular weight is 403 g/mol. The van der Waals surface area contributed by atoms with E-state index in [4.69, 9.17) is 23.7 Å². The van der Waals surface area contributed by atoms with Gasteiger partial charge in [0.2, 0.25) is 0 Å². The molecule has 29 heavy (non-hydrogen) atoms. The Labute approximate surface area is 171 Å². The van der Waals surface area contributed by atoms with Crippen molar-refractivity contribution in [1.29, 1.82) is 0 Å². The van der Waals surface area contributed by atoms with Gasteiger partial charge < -0.3 is 23.7 Å². The molecule has 0 aliphatic carbocycles. The van der Waals surface area contributed by atoms with Crippen LogP contribution in [0.25, 0.3) is 0 Å². The van der Waals surface area contributed by atoms with Crippen molar-refractivity contribution in [1.82, 2.24) is 4.98 Å². The van der Waals surface area contributed by atoms with Crippen LogP contribution in [0.2, 0.25) is 0 Å². The van der Waals surface area contributed by atoms with Crippen LogP contribution in [0, 0.1) is 12.8 Å². The molecule has 1 fully saturated rings. The monoisotopic (exact) mass is 403 g/mol. The van der Waals surface area contributed by atoms with Gasteiger partial charge in [0.05, 0.1) is 13.2 Å². The van der Waals surface area contributed by atoms with E-state index in [0.717, 1.165) is 29.2 Å². The topological polar surface area (TPSA) is 91.0 Å². The van der Waals surface area contributed by atoms with E-state index in [9.17, 15) is 4.79 Å². The minimum atomic E-state index is -1.54. The number of aliphatic carboxylic acids is 1. The van der Waals surface area contributed by atoms with Crippen molar-refractivity contribution in [2.75, 3.05) is 13.2 Å². The van der Waals surface area contributed by atoms with E-state index in [-0.39, 0.29) is 11.3 Å². The van der Waals surface area contributed by atoms with Crippen molar-refractivity contribution in [3.8, 4) is 5.75 Å². The first-order valence-corrected chi connectivity index (χ1v) is 9.76. The molecule has 0 bridgehead atoms. The number of carboxylic acid groups (broad SMARTS) is 1. The number of aromatic nitrogens is 1. The zero-order chi connectivity index (χ0) is 21.2. The quantitative estimate of drug-likeness (QED) is 0.783. The molecular formula is C22H29NO6. The Kier molecular flexibility index (Phi) is 6.00. The summed E-state index contributed by atoms with van der Waals surface area (Å²) < 4.78 is 22.4. The normalized spacial score (nSPS) is 22.4. The van der Waals surface area contributed by atoms with Gasteiger partial charge in [-0.3, -0.25) is 0 Å². The number of nitrogens with zero attached hydrogens (tertiary/aromatic N) is 1. The molecule has 0 spiro atoms. The van der Waals surface area contributed by atoms with E-state index in [1.807, 2.05) is 31.2 Å². The Morgan fingerprint density at radius 1 is 1.24 bits per heavy atom. The van der Waals surface area contributed by atoms with Crippen LogP contribution in [0.4, 0.5) is 0 Å². The van der Waals surface area contributed by atoms with Crippen LogP contribution in [-0.2, 0) is 32.7 Å². The second-order valence-corrected chi connectivity index (χ2v) is 8.65. The van der Waals surface area contributed by atoms with E-state index >= 15 is 0 Å². The van der Waals surface area contributed by atoms with Crippen molar-refractivity contribution in [2.24, 2.45) is 5.92 Å². The van der Waals surface area contributed by atoms with E-state index in [0.29, 0.717) is 25.7 Å². The number of hydrogen-bond acceptors (Lipinski definition) is 6. The van der Waals surface area contributed by atoms with Gasteiger partial charge in [0.15, 0.2) is 5.89 Å². The summed E-state index contributed by atoms with van der Waals surface area (Å²) in [5.74, 6) is -0.294. The van der Waals surface area contributed by atoms with Gasteiger partial charge in [-0.1, -0.05) is 32.9 Å². The van der Waals surface area contributed by atoms with Gasteiger partial charge >= 0.3 is 5.97 Å². The maximum atomic E-state index is 11.1. The molecule has 0 amide bonds. The molecule has 158 valence electrons. The minimum Gasteiger partial charge on any atom is -0.487 e. The highest BCUT2D eigenvalue weighted by molar-refractivity contribution is 5.75. The van der Waals surface area contributed by atoms with Crippen LogP contribution in [0.1, 0.15) is 50.6 Å². The third-order valence-corrected chi connectivity index (χ3v) is 4.93.